The van der Waals surface area contributed by atoms with Crippen molar-refractivity contribution < 1.29 is 4.74 Å². The van der Waals surface area contributed by atoms with E-state index in [4.69, 9.17) is 16.3 Å². The van der Waals surface area contributed by atoms with E-state index in [0.717, 1.165) is 27.1 Å². The van der Waals surface area contributed by atoms with Crippen molar-refractivity contribution in [3.63, 3.8) is 0 Å². The molecule has 1 atom stereocenters. The maximum atomic E-state index is 6.49. The Morgan fingerprint density at radius 3 is 2.29 bits per heavy atom. The number of ether oxygens (including phenoxy) is 1. The van der Waals surface area contributed by atoms with E-state index in [1.54, 1.807) is 0 Å². The number of para-hydroxylation sites is 1. The number of fused-ring (bicyclic) bond motifs is 9. The predicted molar refractivity (Wildman–Crippen MR) is 117 cm³/mol. The van der Waals surface area contributed by atoms with E-state index in [0.29, 0.717) is 5.02 Å². The zero-order valence-electron chi connectivity index (χ0n) is 14.7. The van der Waals surface area contributed by atoms with Gasteiger partial charge in [0.05, 0.1) is 5.41 Å². The molecule has 1 nitrogen and oxygen atoms in total. The molecule has 1 unspecified atom stereocenters. The average Bonchev–Trinajstić information content (AvgIpc) is 3.02. The Bertz CT molecular complexity index is 1280. The van der Waals surface area contributed by atoms with Crippen LogP contribution in [-0.4, -0.2) is 0 Å². The second-order valence-electron chi connectivity index (χ2n) is 7.20. The topological polar surface area (TPSA) is 9.23 Å². The fraction of sp³-hybridized carbons (Fsp3) is 0.0400. The molecular formula is C25H14BrClO. The smallest absolute Gasteiger partial charge is 0.132 e. The van der Waals surface area contributed by atoms with E-state index in [9.17, 15) is 0 Å². The summed E-state index contributed by atoms with van der Waals surface area (Å²) in [5.74, 6) is 1.73. The molecule has 0 saturated heterocycles. The van der Waals surface area contributed by atoms with Crippen LogP contribution < -0.4 is 4.74 Å². The predicted octanol–water partition coefficient (Wildman–Crippen LogP) is 7.57. The molecule has 1 aliphatic carbocycles. The molecule has 0 bridgehead atoms. The maximum absolute atomic E-state index is 6.49. The first-order valence-corrected chi connectivity index (χ1v) is 10.3. The first kappa shape index (κ1) is 16.4. The third kappa shape index (κ3) is 1.92. The lowest BCUT2D eigenvalue weighted by Gasteiger charge is -2.39. The zero-order chi connectivity index (χ0) is 18.9. The van der Waals surface area contributed by atoms with Gasteiger partial charge in [-0.15, -0.1) is 0 Å². The fourth-order valence-electron chi connectivity index (χ4n) is 4.88. The van der Waals surface area contributed by atoms with E-state index < -0.39 is 5.41 Å². The van der Waals surface area contributed by atoms with Gasteiger partial charge < -0.3 is 4.74 Å². The number of halogens is 2. The summed E-state index contributed by atoms with van der Waals surface area (Å²) in [6.45, 7) is 0. The quantitative estimate of drug-likeness (QED) is 0.234. The highest BCUT2D eigenvalue weighted by Crippen LogP contribution is 2.63. The Morgan fingerprint density at radius 2 is 1.39 bits per heavy atom. The molecule has 134 valence electrons. The van der Waals surface area contributed by atoms with Crippen molar-refractivity contribution in [3.05, 3.63) is 117 Å². The van der Waals surface area contributed by atoms with Crippen LogP contribution in [0.4, 0.5) is 0 Å². The summed E-state index contributed by atoms with van der Waals surface area (Å²) < 4.78 is 7.40. The Kier molecular flexibility index (Phi) is 3.36. The molecule has 0 amide bonds. The van der Waals surface area contributed by atoms with Gasteiger partial charge >= 0.3 is 0 Å². The van der Waals surface area contributed by atoms with Crippen LogP contribution in [0.2, 0.25) is 5.02 Å². The molecule has 0 saturated carbocycles. The lowest BCUT2D eigenvalue weighted by Crippen LogP contribution is -2.32. The highest BCUT2D eigenvalue weighted by molar-refractivity contribution is 9.10. The van der Waals surface area contributed by atoms with Crippen molar-refractivity contribution in [3.8, 4) is 22.6 Å². The average molecular weight is 446 g/mol. The molecule has 0 aromatic heterocycles. The molecule has 4 aromatic rings. The van der Waals surface area contributed by atoms with Crippen molar-refractivity contribution >= 4 is 27.5 Å². The number of hydrogen-bond donors (Lipinski definition) is 0. The molecule has 0 radical (unpaired) electrons. The molecule has 0 fully saturated rings. The van der Waals surface area contributed by atoms with Crippen LogP contribution in [0, 0.1) is 0 Å². The van der Waals surface area contributed by atoms with Crippen molar-refractivity contribution in [1.29, 1.82) is 0 Å². The monoisotopic (exact) mass is 444 g/mol. The van der Waals surface area contributed by atoms with Crippen LogP contribution in [0.25, 0.3) is 11.1 Å². The van der Waals surface area contributed by atoms with Crippen LogP contribution >= 0.6 is 27.5 Å². The number of hydrogen-bond acceptors (Lipinski definition) is 1. The van der Waals surface area contributed by atoms with E-state index >= 15 is 0 Å². The molecule has 6 rings (SSSR count). The van der Waals surface area contributed by atoms with Crippen LogP contribution in [-0.2, 0) is 5.41 Å². The lowest BCUT2D eigenvalue weighted by molar-refractivity contribution is 0.436. The van der Waals surface area contributed by atoms with Crippen LogP contribution in [0.15, 0.2) is 89.4 Å². The van der Waals surface area contributed by atoms with Gasteiger partial charge in [-0.1, -0.05) is 82.1 Å². The summed E-state index contributed by atoms with van der Waals surface area (Å²) >= 11 is 10.4. The summed E-state index contributed by atoms with van der Waals surface area (Å²) in [5, 5.41) is 0.707. The Balaban J connectivity index is 1.89. The molecule has 1 spiro atoms. The highest BCUT2D eigenvalue weighted by atomic mass is 79.9. The summed E-state index contributed by atoms with van der Waals surface area (Å²) in [7, 11) is 0. The third-order valence-electron chi connectivity index (χ3n) is 5.87. The Hall–Kier alpha value is -2.55. The van der Waals surface area contributed by atoms with Crippen molar-refractivity contribution in [2.75, 3.05) is 0 Å². The van der Waals surface area contributed by atoms with Gasteiger partial charge in [-0.2, -0.15) is 0 Å². The number of rotatable bonds is 0. The van der Waals surface area contributed by atoms with E-state index in [1.807, 2.05) is 24.3 Å². The Morgan fingerprint density at radius 1 is 0.679 bits per heavy atom. The van der Waals surface area contributed by atoms with Crippen molar-refractivity contribution in [2.45, 2.75) is 5.41 Å². The van der Waals surface area contributed by atoms with Gasteiger partial charge in [0.15, 0.2) is 0 Å². The van der Waals surface area contributed by atoms with Crippen LogP contribution in [0.1, 0.15) is 22.3 Å². The van der Waals surface area contributed by atoms with E-state index in [2.05, 4.69) is 76.6 Å². The van der Waals surface area contributed by atoms with Gasteiger partial charge in [0.25, 0.3) is 0 Å². The minimum absolute atomic E-state index is 0.471. The standard InChI is InChI=1S/C25H14BrClO/c26-21-10-5-7-17-16-6-1-2-8-18(16)25(24(17)21)19-9-3-4-11-22(19)28-23-13-12-15(27)14-20(23)25/h1-14H. The second kappa shape index (κ2) is 5.73. The first-order chi connectivity index (χ1) is 13.7. The first-order valence-electron chi connectivity index (χ1n) is 9.17. The molecule has 28 heavy (non-hydrogen) atoms. The highest BCUT2D eigenvalue weighted by Gasteiger charge is 2.51. The van der Waals surface area contributed by atoms with Crippen LogP contribution in [0.3, 0.4) is 0 Å². The molecule has 1 aliphatic heterocycles. The molecule has 3 heteroatoms. The van der Waals surface area contributed by atoms with Crippen molar-refractivity contribution in [1.82, 2.24) is 0 Å². The van der Waals surface area contributed by atoms with Gasteiger partial charge in [0.1, 0.15) is 11.5 Å². The largest absolute Gasteiger partial charge is 0.457 e. The zero-order valence-corrected chi connectivity index (χ0v) is 17.1. The van der Waals surface area contributed by atoms with Crippen molar-refractivity contribution in [2.24, 2.45) is 0 Å². The SMILES string of the molecule is Clc1ccc2c(c1)C1(c3ccccc3O2)c2ccccc2-c2cccc(Br)c21. The second-order valence-corrected chi connectivity index (χ2v) is 8.49. The van der Waals surface area contributed by atoms with Gasteiger partial charge in [-0.25, -0.2) is 0 Å². The lowest BCUT2D eigenvalue weighted by atomic mass is 9.66. The van der Waals surface area contributed by atoms with Gasteiger partial charge in [-0.05, 0) is 52.6 Å². The molecule has 4 aromatic carbocycles. The summed E-state index contributed by atoms with van der Waals surface area (Å²) in [6.07, 6.45) is 0. The molecule has 2 aliphatic rings. The number of benzene rings is 4. The summed E-state index contributed by atoms with van der Waals surface area (Å²) in [5.41, 5.74) is 6.75. The fourth-order valence-corrected chi connectivity index (χ4v) is 5.72. The maximum Gasteiger partial charge on any atom is 0.132 e. The minimum atomic E-state index is -0.471. The summed E-state index contributed by atoms with van der Waals surface area (Å²) in [4.78, 5) is 0. The van der Waals surface area contributed by atoms with Crippen LogP contribution in [0.5, 0.6) is 11.5 Å². The molecule has 0 N–H and O–H groups in total. The molecule has 1 heterocycles. The minimum Gasteiger partial charge on any atom is -0.457 e. The van der Waals surface area contributed by atoms with Gasteiger partial charge in [0, 0.05) is 20.6 Å². The van der Waals surface area contributed by atoms with E-state index in [-0.39, 0.29) is 0 Å². The van der Waals surface area contributed by atoms with Gasteiger partial charge in [0.2, 0.25) is 0 Å². The summed E-state index contributed by atoms with van der Waals surface area (Å²) in [6, 6.07) is 29.3. The normalized spacial score (nSPS) is 18.1. The molecular weight excluding hydrogens is 432 g/mol. The third-order valence-corrected chi connectivity index (χ3v) is 6.76. The Labute approximate surface area is 176 Å². The van der Waals surface area contributed by atoms with E-state index in [1.165, 1.54) is 22.3 Å². The van der Waals surface area contributed by atoms with Gasteiger partial charge in [-0.3, -0.25) is 0 Å².